The van der Waals surface area contributed by atoms with Crippen LogP contribution >= 0.6 is 0 Å². The van der Waals surface area contributed by atoms with Gasteiger partial charge in [-0.1, -0.05) is 24.3 Å². The van der Waals surface area contributed by atoms with Crippen molar-refractivity contribution in [2.24, 2.45) is 0 Å². The maximum absolute atomic E-state index is 9.07. The molecule has 2 heterocycles. The number of rotatable bonds is 5. The van der Waals surface area contributed by atoms with Gasteiger partial charge in [0.1, 0.15) is 5.76 Å². The Hall–Kier alpha value is -2.90. The highest BCUT2D eigenvalue weighted by atomic mass is 16.4. The molecule has 1 aromatic heterocycles. The zero-order valence-electron chi connectivity index (χ0n) is 15.6. The first-order valence-electron chi connectivity index (χ1n) is 9.52. The SMILES string of the molecule is Cc1oc(-c2ccc(-c3cccc(C#N)c3)cc2)nc1CCN1CCCC1. The summed E-state index contributed by atoms with van der Waals surface area (Å²) in [5.74, 6) is 1.59. The van der Waals surface area contributed by atoms with Crippen molar-refractivity contribution in [1.82, 2.24) is 9.88 Å². The maximum atomic E-state index is 9.07. The molecule has 136 valence electrons. The van der Waals surface area contributed by atoms with Gasteiger partial charge < -0.3 is 9.32 Å². The van der Waals surface area contributed by atoms with E-state index in [4.69, 9.17) is 14.7 Å². The fourth-order valence-corrected chi connectivity index (χ4v) is 3.63. The van der Waals surface area contributed by atoms with E-state index in [1.165, 1.54) is 25.9 Å². The largest absolute Gasteiger partial charge is 0.441 e. The van der Waals surface area contributed by atoms with Crippen LogP contribution in [0.5, 0.6) is 0 Å². The molecule has 1 fully saturated rings. The highest BCUT2D eigenvalue weighted by Gasteiger charge is 2.15. The second-order valence-electron chi connectivity index (χ2n) is 7.09. The van der Waals surface area contributed by atoms with Crippen LogP contribution in [0.15, 0.2) is 52.9 Å². The van der Waals surface area contributed by atoms with Gasteiger partial charge in [-0.3, -0.25) is 0 Å². The van der Waals surface area contributed by atoms with E-state index in [0.717, 1.165) is 41.1 Å². The van der Waals surface area contributed by atoms with Crippen molar-refractivity contribution < 1.29 is 4.42 Å². The van der Waals surface area contributed by atoms with Crippen LogP contribution in [0.4, 0.5) is 0 Å². The maximum Gasteiger partial charge on any atom is 0.226 e. The van der Waals surface area contributed by atoms with E-state index < -0.39 is 0 Å². The van der Waals surface area contributed by atoms with Gasteiger partial charge in [-0.05, 0) is 68.2 Å². The molecule has 0 N–H and O–H groups in total. The molecule has 4 rings (SSSR count). The Morgan fingerprint density at radius 2 is 1.78 bits per heavy atom. The summed E-state index contributed by atoms with van der Waals surface area (Å²) in [5, 5.41) is 9.07. The quantitative estimate of drug-likeness (QED) is 0.656. The van der Waals surface area contributed by atoms with Crippen molar-refractivity contribution in [3.63, 3.8) is 0 Å². The summed E-state index contributed by atoms with van der Waals surface area (Å²) in [7, 11) is 0. The Kier molecular flexibility index (Phi) is 5.04. The molecule has 0 bridgehead atoms. The smallest absolute Gasteiger partial charge is 0.226 e. The Balaban J connectivity index is 1.50. The lowest BCUT2D eigenvalue weighted by Crippen LogP contribution is -2.22. The Labute approximate surface area is 160 Å². The first-order valence-corrected chi connectivity index (χ1v) is 9.52. The Morgan fingerprint density at radius 3 is 2.52 bits per heavy atom. The standard InChI is InChI=1S/C23H23N3O/c1-17-22(11-14-26-12-2-3-13-26)25-23(27-17)20-9-7-19(8-10-20)21-6-4-5-18(15-21)16-24/h4-10,15H,2-3,11-14H2,1H3. The topological polar surface area (TPSA) is 53.1 Å². The normalized spacial score (nSPS) is 14.4. The molecule has 27 heavy (non-hydrogen) atoms. The average molecular weight is 357 g/mol. The van der Waals surface area contributed by atoms with E-state index in [0.29, 0.717) is 11.5 Å². The molecule has 2 aromatic carbocycles. The molecular formula is C23H23N3O. The second kappa shape index (κ2) is 7.77. The van der Waals surface area contributed by atoms with Crippen LogP contribution in [0, 0.1) is 18.3 Å². The van der Waals surface area contributed by atoms with E-state index in [-0.39, 0.29) is 0 Å². The Bertz CT molecular complexity index is 960. The van der Waals surface area contributed by atoms with Gasteiger partial charge in [0.05, 0.1) is 17.3 Å². The lowest BCUT2D eigenvalue weighted by Gasteiger charge is -2.12. The van der Waals surface area contributed by atoms with Crippen LogP contribution in [-0.2, 0) is 6.42 Å². The Morgan fingerprint density at radius 1 is 1.04 bits per heavy atom. The number of hydrogen-bond acceptors (Lipinski definition) is 4. The molecule has 4 nitrogen and oxygen atoms in total. The molecule has 0 unspecified atom stereocenters. The lowest BCUT2D eigenvalue weighted by atomic mass is 10.0. The van der Waals surface area contributed by atoms with Gasteiger partial charge in [0, 0.05) is 18.5 Å². The van der Waals surface area contributed by atoms with Gasteiger partial charge in [0.15, 0.2) is 0 Å². The molecule has 1 aliphatic heterocycles. The van der Waals surface area contributed by atoms with Crippen molar-refractivity contribution in [3.05, 3.63) is 65.5 Å². The van der Waals surface area contributed by atoms with Crippen LogP contribution in [0.1, 0.15) is 29.9 Å². The number of aryl methyl sites for hydroxylation is 1. The van der Waals surface area contributed by atoms with Crippen molar-refractivity contribution in [2.45, 2.75) is 26.2 Å². The summed E-state index contributed by atoms with van der Waals surface area (Å²) >= 11 is 0. The minimum Gasteiger partial charge on any atom is -0.441 e. The molecule has 0 radical (unpaired) electrons. The number of hydrogen-bond donors (Lipinski definition) is 0. The van der Waals surface area contributed by atoms with Gasteiger partial charge in [-0.15, -0.1) is 0 Å². The molecule has 1 saturated heterocycles. The number of aromatic nitrogens is 1. The predicted octanol–water partition coefficient (Wildman–Crippen LogP) is 4.83. The van der Waals surface area contributed by atoms with Crippen LogP contribution in [0.25, 0.3) is 22.6 Å². The fraction of sp³-hybridized carbons (Fsp3) is 0.304. The summed E-state index contributed by atoms with van der Waals surface area (Å²) < 4.78 is 5.93. The predicted molar refractivity (Wildman–Crippen MR) is 106 cm³/mol. The first kappa shape index (κ1) is 17.5. The minimum atomic E-state index is 0.669. The van der Waals surface area contributed by atoms with E-state index in [9.17, 15) is 0 Å². The van der Waals surface area contributed by atoms with Crippen molar-refractivity contribution in [2.75, 3.05) is 19.6 Å². The number of nitrogens with zero attached hydrogens (tertiary/aromatic N) is 3. The molecule has 4 heteroatoms. The summed E-state index contributed by atoms with van der Waals surface area (Å²) in [6.45, 7) is 5.47. The van der Waals surface area contributed by atoms with Crippen molar-refractivity contribution in [1.29, 1.82) is 5.26 Å². The van der Waals surface area contributed by atoms with Crippen LogP contribution in [0.2, 0.25) is 0 Å². The third kappa shape index (κ3) is 3.94. The highest BCUT2D eigenvalue weighted by molar-refractivity contribution is 5.68. The fourth-order valence-electron chi connectivity index (χ4n) is 3.63. The summed E-state index contributed by atoms with van der Waals surface area (Å²) in [4.78, 5) is 7.23. The zero-order chi connectivity index (χ0) is 18.6. The molecule has 1 aliphatic rings. The molecule has 0 saturated carbocycles. The van der Waals surface area contributed by atoms with Crippen LogP contribution in [-0.4, -0.2) is 29.5 Å². The number of nitriles is 1. The number of oxazole rings is 1. The number of likely N-dealkylation sites (tertiary alicyclic amines) is 1. The van der Waals surface area contributed by atoms with Gasteiger partial charge in [-0.2, -0.15) is 5.26 Å². The van der Waals surface area contributed by atoms with E-state index in [1.807, 2.05) is 43.3 Å². The lowest BCUT2D eigenvalue weighted by molar-refractivity contribution is 0.341. The average Bonchev–Trinajstić information content (AvgIpc) is 3.36. The summed E-state index contributed by atoms with van der Waals surface area (Å²) in [6, 6.07) is 18.0. The van der Waals surface area contributed by atoms with E-state index in [1.54, 1.807) is 0 Å². The third-order valence-electron chi connectivity index (χ3n) is 5.21. The first-order chi connectivity index (χ1) is 13.2. The molecular weight excluding hydrogens is 334 g/mol. The van der Waals surface area contributed by atoms with Gasteiger partial charge in [0.25, 0.3) is 0 Å². The summed E-state index contributed by atoms with van der Waals surface area (Å²) in [5.41, 5.74) is 4.82. The second-order valence-corrected chi connectivity index (χ2v) is 7.09. The van der Waals surface area contributed by atoms with Crippen LogP contribution in [0.3, 0.4) is 0 Å². The third-order valence-corrected chi connectivity index (χ3v) is 5.21. The molecule has 3 aromatic rings. The van der Waals surface area contributed by atoms with E-state index >= 15 is 0 Å². The summed E-state index contributed by atoms with van der Waals surface area (Å²) in [6.07, 6.45) is 3.56. The van der Waals surface area contributed by atoms with Gasteiger partial charge in [-0.25, -0.2) is 4.98 Å². The van der Waals surface area contributed by atoms with E-state index in [2.05, 4.69) is 23.1 Å². The number of benzene rings is 2. The van der Waals surface area contributed by atoms with Crippen molar-refractivity contribution >= 4 is 0 Å². The van der Waals surface area contributed by atoms with Crippen molar-refractivity contribution in [3.8, 4) is 28.7 Å². The monoisotopic (exact) mass is 357 g/mol. The molecule has 0 spiro atoms. The molecule has 0 amide bonds. The highest BCUT2D eigenvalue weighted by Crippen LogP contribution is 2.26. The van der Waals surface area contributed by atoms with Gasteiger partial charge >= 0.3 is 0 Å². The van der Waals surface area contributed by atoms with Crippen LogP contribution < -0.4 is 0 Å². The minimum absolute atomic E-state index is 0.669. The molecule has 0 atom stereocenters. The zero-order valence-corrected chi connectivity index (χ0v) is 15.6. The molecule has 0 aliphatic carbocycles. The van der Waals surface area contributed by atoms with Gasteiger partial charge in [0.2, 0.25) is 5.89 Å².